The summed E-state index contributed by atoms with van der Waals surface area (Å²) in [7, 11) is 0. The SMILES string of the molecule is CCOc1nc(C(C)C)c(CO)c(-c2ccc(F)cc2)c1O. The highest BCUT2D eigenvalue weighted by Gasteiger charge is 2.22. The van der Waals surface area contributed by atoms with E-state index >= 15 is 0 Å². The van der Waals surface area contributed by atoms with Crippen LogP contribution in [0.2, 0.25) is 0 Å². The summed E-state index contributed by atoms with van der Waals surface area (Å²) in [5.41, 5.74) is 2.23. The Bertz CT molecular complexity index is 654. The van der Waals surface area contributed by atoms with Crippen LogP contribution in [0.3, 0.4) is 0 Å². The molecule has 0 aliphatic rings. The zero-order valence-electron chi connectivity index (χ0n) is 12.9. The average molecular weight is 305 g/mol. The van der Waals surface area contributed by atoms with Gasteiger partial charge in [-0.05, 0) is 30.5 Å². The number of ether oxygens (including phenoxy) is 1. The maximum atomic E-state index is 13.1. The zero-order valence-corrected chi connectivity index (χ0v) is 12.9. The molecule has 0 unspecified atom stereocenters. The number of hydrogen-bond acceptors (Lipinski definition) is 4. The minimum absolute atomic E-state index is 0.0427. The predicted molar refractivity (Wildman–Crippen MR) is 82.5 cm³/mol. The molecule has 118 valence electrons. The molecule has 2 aromatic rings. The van der Waals surface area contributed by atoms with E-state index < -0.39 is 0 Å². The van der Waals surface area contributed by atoms with Crippen molar-refractivity contribution in [3.63, 3.8) is 0 Å². The van der Waals surface area contributed by atoms with Gasteiger partial charge >= 0.3 is 0 Å². The number of hydrogen-bond donors (Lipinski definition) is 2. The first-order chi connectivity index (χ1) is 10.5. The number of rotatable bonds is 5. The first-order valence-corrected chi connectivity index (χ1v) is 7.24. The fourth-order valence-electron chi connectivity index (χ4n) is 2.41. The maximum Gasteiger partial charge on any atom is 0.257 e. The third kappa shape index (κ3) is 3.04. The van der Waals surface area contributed by atoms with Crippen molar-refractivity contribution in [2.24, 2.45) is 0 Å². The molecule has 1 aromatic carbocycles. The van der Waals surface area contributed by atoms with Crippen molar-refractivity contribution >= 4 is 0 Å². The highest BCUT2D eigenvalue weighted by atomic mass is 19.1. The van der Waals surface area contributed by atoms with Crippen LogP contribution >= 0.6 is 0 Å². The Hall–Kier alpha value is -2.14. The van der Waals surface area contributed by atoms with Gasteiger partial charge in [-0.2, -0.15) is 0 Å². The predicted octanol–water partition coefficient (Wildman–Crippen LogP) is 3.61. The van der Waals surface area contributed by atoms with Gasteiger partial charge in [0.25, 0.3) is 5.88 Å². The summed E-state index contributed by atoms with van der Waals surface area (Å²) in [6.07, 6.45) is 0. The van der Waals surface area contributed by atoms with E-state index in [4.69, 9.17) is 4.74 Å². The Morgan fingerprint density at radius 1 is 1.23 bits per heavy atom. The normalized spacial score (nSPS) is 11.0. The topological polar surface area (TPSA) is 62.6 Å². The highest BCUT2D eigenvalue weighted by molar-refractivity contribution is 5.76. The molecule has 4 nitrogen and oxygen atoms in total. The lowest BCUT2D eigenvalue weighted by atomic mass is 9.94. The smallest absolute Gasteiger partial charge is 0.257 e. The zero-order chi connectivity index (χ0) is 16.3. The van der Waals surface area contributed by atoms with Crippen LogP contribution < -0.4 is 4.74 Å². The van der Waals surface area contributed by atoms with E-state index in [1.54, 1.807) is 19.1 Å². The number of aliphatic hydroxyl groups excluding tert-OH is 1. The molecule has 0 bridgehead atoms. The number of aromatic hydroxyl groups is 1. The van der Waals surface area contributed by atoms with Crippen LogP contribution in [0.15, 0.2) is 24.3 Å². The van der Waals surface area contributed by atoms with Crippen LogP contribution in [0, 0.1) is 5.82 Å². The summed E-state index contributed by atoms with van der Waals surface area (Å²) in [5.74, 6) is -0.331. The second-order valence-corrected chi connectivity index (χ2v) is 5.26. The molecule has 22 heavy (non-hydrogen) atoms. The first kappa shape index (κ1) is 16.2. The molecule has 0 radical (unpaired) electrons. The van der Waals surface area contributed by atoms with Gasteiger partial charge in [-0.15, -0.1) is 0 Å². The lowest BCUT2D eigenvalue weighted by Crippen LogP contribution is -2.07. The van der Waals surface area contributed by atoms with Gasteiger partial charge < -0.3 is 14.9 Å². The minimum atomic E-state index is -0.364. The van der Waals surface area contributed by atoms with Crippen molar-refractivity contribution in [2.45, 2.75) is 33.3 Å². The summed E-state index contributed by atoms with van der Waals surface area (Å²) in [6, 6.07) is 5.74. The molecule has 0 saturated carbocycles. The molecule has 0 fully saturated rings. The van der Waals surface area contributed by atoms with E-state index in [2.05, 4.69) is 4.98 Å². The summed E-state index contributed by atoms with van der Waals surface area (Å²) in [5, 5.41) is 20.2. The number of pyridine rings is 1. The number of benzene rings is 1. The molecule has 0 saturated heterocycles. The van der Waals surface area contributed by atoms with Gasteiger partial charge in [0.05, 0.1) is 18.9 Å². The standard InChI is InChI=1S/C17H20FNO3/c1-4-22-17-16(21)14(11-5-7-12(18)8-6-11)13(9-20)15(19-17)10(2)3/h5-8,10,20-21H,4,9H2,1-3H3. The monoisotopic (exact) mass is 305 g/mol. The third-order valence-corrected chi connectivity index (χ3v) is 3.39. The molecule has 2 N–H and O–H groups in total. The molecule has 0 atom stereocenters. The van der Waals surface area contributed by atoms with Crippen LogP contribution in [0.1, 0.15) is 37.9 Å². The van der Waals surface area contributed by atoms with E-state index in [0.29, 0.717) is 29.0 Å². The number of aliphatic hydroxyl groups is 1. The van der Waals surface area contributed by atoms with Gasteiger partial charge in [0.2, 0.25) is 0 Å². The molecule has 1 heterocycles. The van der Waals surface area contributed by atoms with Crippen LogP contribution in [0.4, 0.5) is 4.39 Å². The minimum Gasteiger partial charge on any atom is -0.503 e. The molecule has 0 spiro atoms. The summed E-state index contributed by atoms with van der Waals surface area (Å²) in [6.45, 7) is 5.78. The Morgan fingerprint density at radius 2 is 1.86 bits per heavy atom. The van der Waals surface area contributed by atoms with Crippen LogP contribution in [0.25, 0.3) is 11.1 Å². The van der Waals surface area contributed by atoms with Gasteiger partial charge in [0.15, 0.2) is 5.75 Å². The summed E-state index contributed by atoms with van der Waals surface area (Å²) in [4.78, 5) is 4.33. The van der Waals surface area contributed by atoms with Crippen molar-refractivity contribution in [3.05, 3.63) is 41.3 Å². The van der Waals surface area contributed by atoms with Gasteiger partial charge in [-0.3, -0.25) is 0 Å². The van der Waals surface area contributed by atoms with Gasteiger partial charge in [-0.25, -0.2) is 9.37 Å². The number of aromatic nitrogens is 1. The summed E-state index contributed by atoms with van der Waals surface area (Å²) < 4.78 is 18.5. The van der Waals surface area contributed by atoms with E-state index in [1.807, 2.05) is 13.8 Å². The highest BCUT2D eigenvalue weighted by Crippen LogP contribution is 2.41. The van der Waals surface area contributed by atoms with Crippen molar-refractivity contribution in [1.82, 2.24) is 4.98 Å². The fraction of sp³-hybridized carbons (Fsp3) is 0.353. The maximum absolute atomic E-state index is 13.1. The van der Waals surface area contributed by atoms with Crippen LogP contribution in [-0.4, -0.2) is 21.8 Å². The van der Waals surface area contributed by atoms with Gasteiger partial charge in [0.1, 0.15) is 5.82 Å². The molecular weight excluding hydrogens is 285 g/mol. The molecule has 1 aromatic heterocycles. The molecule has 0 amide bonds. The molecule has 5 heteroatoms. The lowest BCUT2D eigenvalue weighted by Gasteiger charge is -2.19. The summed E-state index contributed by atoms with van der Waals surface area (Å²) >= 11 is 0. The van der Waals surface area contributed by atoms with Crippen molar-refractivity contribution in [1.29, 1.82) is 0 Å². The second kappa shape index (κ2) is 6.75. The van der Waals surface area contributed by atoms with Crippen molar-refractivity contribution in [2.75, 3.05) is 6.61 Å². The molecule has 2 rings (SSSR count). The number of halogens is 1. The average Bonchev–Trinajstić information content (AvgIpc) is 2.49. The Morgan fingerprint density at radius 3 is 2.36 bits per heavy atom. The quantitative estimate of drug-likeness (QED) is 0.886. The lowest BCUT2D eigenvalue weighted by molar-refractivity contribution is 0.275. The van der Waals surface area contributed by atoms with Crippen LogP contribution in [-0.2, 0) is 6.61 Å². The third-order valence-electron chi connectivity index (χ3n) is 3.39. The Kier molecular flexibility index (Phi) is 4.98. The number of nitrogens with zero attached hydrogens (tertiary/aromatic N) is 1. The molecule has 0 aliphatic heterocycles. The van der Waals surface area contributed by atoms with E-state index in [0.717, 1.165) is 0 Å². The Balaban J connectivity index is 2.75. The van der Waals surface area contributed by atoms with Gasteiger partial charge in [0, 0.05) is 11.1 Å². The van der Waals surface area contributed by atoms with E-state index in [1.165, 1.54) is 12.1 Å². The largest absolute Gasteiger partial charge is 0.503 e. The second-order valence-electron chi connectivity index (χ2n) is 5.26. The Labute approximate surface area is 129 Å². The molecule has 0 aliphatic carbocycles. The fourth-order valence-corrected chi connectivity index (χ4v) is 2.41. The van der Waals surface area contributed by atoms with Crippen LogP contribution in [0.5, 0.6) is 11.6 Å². The van der Waals surface area contributed by atoms with Gasteiger partial charge in [-0.1, -0.05) is 26.0 Å². The molecular formula is C17H20FNO3. The van der Waals surface area contributed by atoms with Crippen molar-refractivity contribution < 1.29 is 19.3 Å². The van der Waals surface area contributed by atoms with E-state index in [9.17, 15) is 14.6 Å². The first-order valence-electron chi connectivity index (χ1n) is 7.24. The van der Waals surface area contributed by atoms with E-state index in [-0.39, 0.29) is 30.0 Å². The van der Waals surface area contributed by atoms with Crippen molar-refractivity contribution in [3.8, 4) is 22.8 Å².